The zero-order valence-electron chi connectivity index (χ0n) is 10.8. The first-order valence-electron chi connectivity index (χ1n) is 6.21. The summed E-state index contributed by atoms with van der Waals surface area (Å²) in [6.45, 7) is 8.61. The maximum absolute atomic E-state index is 13.1. The summed E-state index contributed by atoms with van der Waals surface area (Å²) < 4.78 is 13.1. The van der Waals surface area contributed by atoms with Crippen LogP contribution in [0.1, 0.15) is 27.2 Å². The molecule has 0 fully saturated rings. The highest BCUT2D eigenvalue weighted by Gasteiger charge is 2.21. The highest BCUT2D eigenvalue weighted by atomic mass is 19.1. The highest BCUT2D eigenvalue weighted by Crippen LogP contribution is 2.30. The first kappa shape index (κ1) is 12.2. The lowest BCUT2D eigenvalue weighted by molar-refractivity contribution is 0.310. The van der Waals surface area contributed by atoms with Crippen molar-refractivity contribution < 1.29 is 4.39 Å². The molecule has 2 nitrogen and oxygen atoms in total. The second-order valence-corrected chi connectivity index (χ2v) is 6.08. The second-order valence-electron chi connectivity index (χ2n) is 6.08. The van der Waals surface area contributed by atoms with Gasteiger partial charge in [0.2, 0.25) is 0 Å². The van der Waals surface area contributed by atoms with Crippen LogP contribution in [0, 0.1) is 17.2 Å². The zero-order valence-corrected chi connectivity index (χ0v) is 10.8. The van der Waals surface area contributed by atoms with Crippen LogP contribution in [-0.4, -0.2) is 13.1 Å². The van der Waals surface area contributed by atoms with E-state index in [1.807, 2.05) is 0 Å². The second kappa shape index (κ2) is 4.55. The summed E-state index contributed by atoms with van der Waals surface area (Å²) in [5, 5.41) is 6.73. The van der Waals surface area contributed by atoms with Crippen molar-refractivity contribution in [2.75, 3.05) is 23.7 Å². The number of nitrogens with one attached hydrogen (secondary N) is 2. The molecule has 1 aliphatic heterocycles. The normalized spacial score (nSPS) is 19.9. The average molecular weight is 236 g/mol. The Hall–Kier alpha value is -1.25. The summed E-state index contributed by atoms with van der Waals surface area (Å²) in [6, 6.07) is 4.86. The molecule has 0 aromatic heterocycles. The molecule has 1 aromatic rings. The first-order valence-corrected chi connectivity index (χ1v) is 6.21. The van der Waals surface area contributed by atoms with Crippen molar-refractivity contribution in [3.05, 3.63) is 24.0 Å². The maximum Gasteiger partial charge on any atom is 0.125 e. The van der Waals surface area contributed by atoms with Crippen LogP contribution in [0.2, 0.25) is 0 Å². The molecule has 2 rings (SSSR count). The van der Waals surface area contributed by atoms with E-state index in [4.69, 9.17) is 0 Å². The molecule has 2 N–H and O–H groups in total. The molecule has 3 heteroatoms. The van der Waals surface area contributed by atoms with Crippen LogP contribution in [-0.2, 0) is 0 Å². The van der Waals surface area contributed by atoms with Crippen LogP contribution in [0.4, 0.5) is 15.8 Å². The molecule has 17 heavy (non-hydrogen) atoms. The quantitative estimate of drug-likeness (QED) is 0.776. The summed E-state index contributed by atoms with van der Waals surface area (Å²) in [6.07, 6.45) is 1.16. The van der Waals surface area contributed by atoms with E-state index in [0.717, 1.165) is 30.9 Å². The van der Waals surface area contributed by atoms with E-state index in [2.05, 4.69) is 31.4 Å². The van der Waals surface area contributed by atoms with Gasteiger partial charge in [-0.1, -0.05) is 20.8 Å². The van der Waals surface area contributed by atoms with E-state index in [0.29, 0.717) is 11.3 Å². The predicted molar refractivity (Wildman–Crippen MR) is 70.9 cm³/mol. The van der Waals surface area contributed by atoms with Crippen molar-refractivity contribution in [3.63, 3.8) is 0 Å². The molecule has 1 unspecified atom stereocenters. The molecule has 1 heterocycles. The molecular formula is C14H21FN2. The van der Waals surface area contributed by atoms with Gasteiger partial charge in [-0.3, -0.25) is 0 Å². The number of rotatable bonds is 1. The van der Waals surface area contributed by atoms with Crippen molar-refractivity contribution in [1.29, 1.82) is 0 Å². The van der Waals surface area contributed by atoms with Gasteiger partial charge in [-0.15, -0.1) is 0 Å². The molecule has 1 aromatic carbocycles. The molecule has 0 saturated carbocycles. The van der Waals surface area contributed by atoms with Crippen LogP contribution in [0.3, 0.4) is 0 Å². The van der Waals surface area contributed by atoms with E-state index >= 15 is 0 Å². The highest BCUT2D eigenvalue weighted by molar-refractivity contribution is 5.69. The Morgan fingerprint density at radius 3 is 2.47 bits per heavy atom. The molecule has 0 saturated heterocycles. The fourth-order valence-corrected chi connectivity index (χ4v) is 2.41. The van der Waals surface area contributed by atoms with Gasteiger partial charge >= 0.3 is 0 Å². The predicted octanol–water partition coefficient (Wildman–Crippen LogP) is 3.72. The first-order chi connectivity index (χ1) is 7.94. The van der Waals surface area contributed by atoms with Crippen molar-refractivity contribution in [2.45, 2.75) is 27.2 Å². The largest absolute Gasteiger partial charge is 0.383 e. The zero-order chi connectivity index (χ0) is 12.5. The number of benzene rings is 1. The van der Waals surface area contributed by atoms with Crippen molar-refractivity contribution >= 4 is 11.4 Å². The van der Waals surface area contributed by atoms with Gasteiger partial charge < -0.3 is 10.6 Å². The summed E-state index contributed by atoms with van der Waals surface area (Å²) in [4.78, 5) is 0. The third-order valence-electron chi connectivity index (χ3n) is 3.05. The average Bonchev–Trinajstić information content (AvgIpc) is 2.39. The minimum atomic E-state index is -0.188. The molecule has 0 radical (unpaired) electrons. The molecule has 0 aliphatic carbocycles. The summed E-state index contributed by atoms with van der Waals surface area (Å²) in [7, 11) is 0. The smallest absolute Gasteiger partial charge is 0.125 e. The molecular weight excluding hydrogens is 215 g/mol. The Labute approximate surface area is 103 Å². The van der Waals surface area contributed by atoms with Crippen LogP contribution in [0.25, 0.3) is 0 Å². The van der Waals surface area contributed by atoms with E-state index in [9.17, 15) is 4.39 Å². The monoisotopic (exact) mass is 236 g/mol. The number of hydrogen-bond donors (Lipinski definition) is 2. The Morgan fingerprint density at radius 2 is 1.82 bits per heavy atom. The van der Waals surface area contributed by atoms with Crippen molar-refractivity contribution in [1.82, 2.24) is 0 Å². The molecule has 0 bridgehead atoms. The summed E-state index contributed by atoms with van der Waals surface area (Å²) in [5.41, 5.74) is 2.21. The van der Waals surface area contributed by atoms with Gasteiger partial charge in [0.25, 0.3) is 0 Å². The fraction of sp³-hybridized carbons (Fsp3) is 0.571. The van der Waals surface area contributed by atoms with E-state index in [-0.39, 0.29) is 5.82 Å². The molecule has 1 atom stereocenters. The Kier molecular flexibility index (Phi) is 3.27. The van der Waals surface area contributed by atoms with Crippen LogP contribution < -0.4 is 10.6 Å². The van der Waals surface area contributed by atoms with E-state index in [1.165, 1.54) is 6.07 Å². The van der Waals surface area contributed by atoms with Gasteiger partial charge in [0.1, 0.15) is 5.82 Å². The van der Waals surface area contributed by atoms with Crippen molar-refractivity contribution in [2.24, 2.45) is 11.3 Å². The lowest BCUT2D eigenvalue weighted by Gasteiger charge is -2.25. The summed E-state index contributed by atoms with van der Waals surface area (Å²) >= 11 is 0. The van der Waals surface area contributed by atoms with Crippen LogP contribution in [0.5, 0.6) is 0 Å². The Morgan fingerprint density at radius 1 is 1.18 bits per heavy atom. The SMILES string of the molecule is CC(C)(C)CC1CNc2ccc(F)cc2NC1. The van der Waals surface area contributed by atoms with E-state index in [1.54, 1.807) is 12.1 Å². The van der Waals surface area contributed by atoms with Gasteiger partial charge in [0.05, 0.1) is 11.4 Å². The number of halogens is 1. The number of hydrogen-bond acceptors (Lipinski definition) is 2. The van der Waals surface area contributed by atoms with Gasteiger partial charge in [-0.25, -0.2) is 4.39 Å². The fourth-order valence-electron chi connectivity index (χ4n) is 2.41. The van der Waals surface area contributed by atoms with Crippen molar-refractivity contribution in [3.8, 4) is 0 Å². The third-order valence-corrected chi connectivity index (χ3v) is 3.05. The number of anilines is 2. The minimum absolute atomic E-state index is 0.188. The van der Waals surface area contributed by atoms with Crippen LogP contribution >= 0.6 is 0 Å². The van der Waals surface area contributed by atoms with Gasteiger partial charge in [0.15, 0.2) is 0 Å². The lowest BCUT2D eigenvalue weighted by atomic mass is 9.84. The Balaban J connectivity index is 2.06. The molecule has 94 valence electrons. The Bertz CT molecular complexity index is 396. The lowest BCUT2D eigenvalue weighted by Crippen LogP contribution is -2.24. The van der Waals surface area contributed by atoms with Gasteiger partial charge in [-0.05, 0) is 36.0 Å². The number of fused-ring (bicyclic) bond motifs is 1. The van der Waals surface area contributed by atoms with Gasteiger partial charge in [-0.2, -0.15) is 0 Å². The van der Waals surface area contributed by atoms with Gasteiger partial charge in [0, 0.05) is 13.1 Å². The maximum atomic E-state index is 13.1. The topological polar surface area (TPSA) is 24.1 Å². The van der Waals surface area contributed by atoms with Crippen LogP contribution in [0.15, 0.2) is 18.2 Å². The standard InChI is InChI=1S/C14H21FN2/c1-14(2,3)7-10-8-16-12-5-4-11(15)6-13(12)17-9-10/h4-6,10,16-17H,7-9H2,1-3H3. The summed E-state index contributed by atoms with van der Waals surface area (Å²) in [5.74, 6) is 0.387. The molecule has 1 aliphatic rings. The molecule has 0 spiro atoms. The van der Waals surface area contributed by atoms with E-state index < -0.39 is 0 Å². The molecule has 0 amide bonds. The minimum Gasteiger partial charge on any atom is -0.383 e. The third kappa shape index (κ3) is 3.35.